The summed E-state index contributed by atoms with van der Waals surface area (Å²) in [5.41, 5.74) is 2.66. The topological polar surface area (TPSA) is 24.9 Å². The van der Waals surface area contributed by atoms with E-state index in [0.717, 1.165) is 12.2 Å². The first-order chi connectivity index (χ1) is 7.80. The summed E-state index contributed by atoms with van der Waals surface area (Å²) in [6, 6.07) is 4.44. The molecule has 0 aliphatic carbocycles. The lowest BCUT2D eigenvalue weighted by Crippen LogP contribution is -1.99. The van der Waals surface area contributed by atoms with Gasteiger partial charge in [-0.3, -0.25) is 0 Å². The largest absolute Gasteiger partial charge is 0.373 e. The lowest BCUT2D eigenvalue weighted by Gasteiger charge is -2.08. The van der Waals surface area contributed by atoms with Crippen LogP contribution in [0.25, 0.3) is 0 Å². The lowest BCUT2D eigenvalue weighted by molar-refractivity contribution is 0.765. The maximum absolute atomic E-state index is 4.59. The highest BCUT2D eigenvalue weighted by Crippen LogP contribution is 2.14. The Hall–Kier alpha value is -1.05. The number of aromatic nitrogens is 1. The maximum Gasteiger partial charge on any atom is 0.126 e. The second kappa shape index (κ2) is 7.26. The average molecular weight is 220 g/mol. The van der Waals surface area contributed by atoms with Crippen LogP contribution in [0, 0.1) is 0 Å². The predicted octanol–water partition coefficient (Wildman–Crippen LogP) is 3.81. The molecule has 0 saturated carbocycles. The number of unbranched alkanes of at least 4 members (excludes halogenated alkanes) is 2. The molecule has 0 atom stereocenters. The van der Waals surface area contributed by atoms with Crippen LogP contribution in [0.5, 0.6) is 0 Å². The molecule has 2 nitrogen and oxygen atoms in total. The van der Waals surface area contributed by atoms with Crippen molar-refractivity contribution in [3.63, 3.8) is 0 Å². The van der Waals surface area contributed by atoms with Crippen LogP contribution in [-0.4, -0.2) is 12.0 Å². The van der Waals surface area contributed by atoms with Gasteiger partial charge < -0.3 is 5.32 Å². The normalized spacial score (nSPS) is 10.4. The zero-order chi connectivity index (χ0) is 11.8. The van der Waals surface area contributed by atoms with Crippen LogP contribution < -0.4 is 5.32 Å². The molecular weight excluding hydrogens is 196 g/mol. The molecule has 0 unspecified atom stereocenters. The minimum atomic E-state index is 1.01. The van der Waals surface area contributed by atoms with Gasteiger partial charge in [0.25, 0.3) is 0 Å². The smallest absolute Gasteiger partial charge is 0.126 e. The zero-order valence-corrected chi connectivity index (χ0v) is 10.8. The number of anilines is 1. The Bertz CT molecular complexity index is 281. The van der Waals surface area contributed by atoms with Gasteiger partial charge in [0, 0.05) is 12.7 Å². The zero-order valence-electron chi connectivity index (χ0n) is 10.8. The van der Waals surface area contributed by atoms with Gasteiger partial charge in [-0.15, -0.1) is 0 Å². The number of hydrogen-bond acceptors (Lipinski definition) is 2. The van der Waals surface area contributed by atoms with Crippen molar-refractivity contribution in [2.45, 2.75) is 52.4 Å². The van der Waals surface area contributed by atoms with E-state index in [9.17, 15) is 0 Å². The Balaban J connectivity index is 2.74. The molecule has 16 heavy (non-hydrogen) atoms. The molecule has 1 N–H and O–H groups in total. The SMILES string of the molecule is CCCCc1cc(CCCC)nc(NC)c1. The van der Waals surface area contributed by atoms with Gasteiger partial charge in [-0.2, -0.15) is 0 Å². The van der Waals surface area contributed by atoms with Crippen LogP contribution in [0.2, 0.25) is 0 Å². The van der Waals surface area contributed by atoms with Crippen molar-refractivity contribution < 1.29 is 0 Å². The first-order valence-electron chi connectivity index (χ1n) is 6.47. The molecule has 0 aliphatic rings. The van der Waals surface area contributed by atoms with Crippen LogP contribution in [0.4, 0.5) is 5.82 Å². The number of rotatable bonds is 7. The number of nitrogens with one attached hydrogen (secondary N) is 1. The average Bonchev–Trinajstić information content (AvgIpc) is 2.33. The van der Waals surface area contributed by atoms with Gasteiger partial charge in [-0.25, -0.2) is 4.98 Å². The minimum absolute atomic E-state index is 1.01. The maximum atomic E-state index is 4.59. The van der Waals surface area contributed by atoms with Crippen molar-refractivity contribution in [2.24, 2.45) is 0 Å². The molecule has 1 aromatic rings. The number of aryl methyl sites for hydroxylation is 2. The van der Waals surface area contributed by atoms with E-state index < -0.39 is 0 Å². The van der Waals surface area contributed by atoms with Crippen molar-refractivity contribution >= 4 is 5.82 Å². The number of pyridine rings is 1. The molecule has 0 spiro atoms. The van der Waals surface area contributed by atoms with Gasteiger partial charge in [0.15, 0.2) is 0 Å². The van der Waals surface area contributed by atoms with Gasteiger partial charge >= 0.3 is 0 Å². The third-order valence-corrected chi connectivity index (χ3v) is 2.80. The summed E-state index contributed by atoms with van der Waals surface area (Å²) >= 11 is 0. The number of nitrogens with zero attached hydrogens (tertiary/aromatic N) is 1. The molecule has 0 fully saturated rings. The molecule has 1 heterocycles. The number of hydrogen-bond donors (Lipinski definition) is 1. The Kier molecular flexibility index (Phi) is 5.91. The standard InChI is InChI=1S/C14H24N2/c1-4-6-8-12-10-13(9-7-5-2)16-14(11-12)15-3/h10-11H,4-9H2,1-3H3,(H,15,16). The Morgan fingerprint density at radius 2 is 1.75 bits per heavy atom. The molecule has 0 radical (unpaired) electrons. The van der Waals surface area contributed by atoms with Crippen LogP contribution >= 0.6 is 0 Å². The Morgan fingerprint density at radius 1 is 1.06 bits per heavy atom. The third kappa shape index (κ3) is 4.21. The summed E-state index contributed by atoms with van der Waals surface area (Å²) in [5.74, 6) is 1.01. The summed E-state index contributed by atoms with van der Waals surface area (Å²) in [6.07, 6.45) is 7.25. The van der Waals surface area contributed by atoms with Crippen molar-refractivity contribution in [1.82, 2.24) is 4.98 Å². The molecular formula is C14H24N2. The quantitative estimate of drug-likeness (QED) is 0.756. The lowest BCUT2D eigenvalue weighted by atomic mass is 10.1. The van der Waals surface area contributed by atoms with E-state index in [0.29, 0.717) is 0 Å². The second-order valence-corrected chi connectivity index (χ2v) is 4.31. The van der Waals surface area contributed by atoms with Gasteiger partial charge in [-0.05, 0) is 43.4 Å². The summed E-state index contributed by atoms with van der Waals surface area (Å²) < 4.78 is 0. The fourth-order valence-electron chi connectivity index (χ4n) is 1.79. The predicted molar refractivity (Wildman–Crippen MR) is 71.0 cm³/mol. The molecule has 0 saturated heterocycles. The van der Waals surface area contributed by atoms with E-state index in [-0.39, 0.29) is 0 Å². The summed E-state index contributed by atoms with van der Waals surface area (Å²) in [7, 11) is 1.94. The first kappa shape index (κ1) is 13.0. The highest BCUT2D eigenvalue weighted by atomic mass is 15.0. The molecule has 2 heteroatoms. The van der Waals surface area contributed by atoms with Crippen molar-refractivity contribution in [2.75, 3.05) is 12.4 Å². The molecule has 1 rings (SSSR count). The van der Waals surface area contributed by atoms with E-state index in [2.05, 4.69) is 36.3 Å². The van der Waals surface area contributed by atoms with Crippen molar-refractivity contribution in [1.29, 1.82) is 0 Å². The summed E-state index contributed by atoms with van der Waals surface area (Å²) in [6.45, 7) is 4.46. The highest BCUT2D eigenvalue weighted by Gasteiger charge is 2.01. The highest BCUT2D eigenvalue weighted by molar-refractivity contribution is 5.39. The monoisotopic (exact) mass is 220 g/mol. The Labute approximate surface area is 99.5 Å². The van der Waals surface area contributed by atoms with Gasteiger partial charge in [-0.1, -0.05) is 26.7 Å². The van der Waals surface area contributed by atoms with Crippen LogP contribution in [-0.2, 0) is 12.8 Å². The Morgan fingerprint density at radius 3 is 2.38 bits per heavy atom. The second-order valence-electron chi connectivity index (χ2n) is 4.31. The van der Waals surface area contributed by atoms with Gasteiger partial charge in [0.2, 0.25) is 0 Å². The summed E-state index contributed by atoms with van der Waals surface area (Å²) in [5, 5.41) is 3.15. The van der Waals surface area contributed by atoms with Crippen LogP contribution in [0.1, 0.15) is 50.8 Å². The molecule has 0 aliphatic heterocycles. The first-order valence-corrected chi connectivity index (χ1v) is 6.47. The minimum Gasteiger partial charge on any atom is -0.373 e. The molecule has 0 aromatic carbocycles. The third-order valence-electron chi connectivity index (χ3n) is 2.80. The van der Waals surface area contributed by atoms with Crippen LogP contribution in [0.3, 0.4) is 0 Å². The van der Waals surface area contributed by atoms with E-state index in [1.807, 2.05) is 7.05 Å². The van der Waals surface area contributed by atoms with Crippen molar-refractivity contribution in [3.8, 4) is 0 Å². The molecule has 0 bridgehead atoms. The molecule has 90 valence electrons. The van der Waals surface area contributed by atoms with Gasteiger partial charge in [0.05, 0.1) is 0 Å². The van der Waals surface area contributed by atoms with E-state index in [1.54, 1.807) is 0 Å². The van der Waals surface area contributed by atoms with Crippen molar-refractivity contribution in [3.05, 3.63) is 23.4 Å². The fourth-order valence-corrected chi connectivity index (χ4v) is 1.79. The van der Waals surface area contributed by atoms with E-state index in [1.165, 1.54) is 43.4 Å². The summed E-state index contributed by atoms with van der Waals surface area (Å²) in [4.78, 5) is 4.59. The molecule has 1 aromatic heterocycles. The van der Waals surface area contributed by atoms with E-state index >= 15 is 0 Å². The van der Waals surface area contributed by atoms with E-state index in [4.69, 9.17) is 0 Å². The van der Waals surface area contributed by atoms with Crippen LogP contribution in [0.15, 0.2) is 12.1 Å². The molecule has 0 amide bonds. The van der Waals surface area contributed by atoms with Gasteiger partial charge in [0.1, 0.15) is 5.82 Å². The fraction of sp³-hybridized carbons (Fsp3) is 0.643.